The van der Waals surface area contributed by atoms with E-state index in [1.54, 1.807) is 4.68 Å². The van der Waals surface area contributed by atoms with Gasteiger partial charge in [0.05, 0.1) is 11.0 Å². The van der Waals surface area contributed by atoms with Gasteiger partial charge >= 0.3 is 0 Å². The van der Waals surface area contributed by atoms with Gasteiger partial charge in [-0.25, -0.2) is 4.98 Å². The van der Waals surface area contributed by atoms with Crippen molar-refractivity contribution in [2.24, 2.45) is 7.05 Å². The van der Waals surface area contributed by atoms with E-state index in [1.165, 1.54) is 11.1 Å². The molecule has 0 spiro atoms. The molecule has 0 saturated heterocycles. The zero-order chi connectivity index (χ0) is 12.0. The second-order valence-electron chi connectivity index (χ2n) is 4.41. The number of H-pyrrole nitrogens is 1. The molecular formula is C13H14N4. The summed E-state index contributed by atoms with van der Waals surface area (Å²) < 4.78 is 1.78. The van der Waals surface area contributed by atoms with E-state index >= 15 is 0 Å². The Hall–Kier alpha value is -2.10. The van der Waals surface area contributed by atoms with Crippen LogP contribution in [0.2, 0.25) is 0 Å². The number of hydrogen-bond donors (Lipinski definition) is 1. The number of nitrogens with zero attached hydrogens (tertiary/aromatic N) is 3. The fourth-order valence-corrected chi connectivity index (χ4v) is 1.93. The fraction of sp³-hybridized carbons (Fsp3) is 0.231. The van der Waals surface area contributed by atoms with Crippen LogP contribution in [0.4, 0.5) is 0 Å². The topological polar surface area (TPSA) is 46.5 Å². The van der Waals surface area contributed by atoms with E-state index in [0.29, 0.717) is 0 Å². The highest BCUT2D eigenvalue weighted by molar-refractivity contribution is 5.80. The Morgan fingerprint density at radius 1 is 1.18 bits per heavy atom. The molecule has 0 aliphatic heterocycles. The van der Waals surface area contributed by atoms with Gasteiger partial charge in [-0.05, 0) is 43.2 Å². The number of benzene rings is 1. The molecule has 0 fully saturated rings. The maximum Gasteiger partial charge on any atom is 0.159 e. The number of aryl methyl sites for hydroxylation is 3. The summed E-state index contributed by atoms with van der Waals surface area (Å²) in [7, 11) is 1.90. The van der Waals surface area contributed by atoms with Crippen molar-refractivity contribution in [3.8, 4) is 11.5 Å². The van der Waals surface area contributed by atoms with Crippen LogP contribution in [0.5, 0.6) is 0 Å². The van der Waals surface area contributed by atoms with Crippen molar-refractivity contribution < 1.29 is 0 Å². The minimum absolute atomic E-state index is 0.825. The van der Waals surface area contributed by atoms with Gasteiger partial charge in [0, 0.05) is 13.2 Å². The van der Waals surface area contributed by atoms with Crippen molar-refractivity contribution in [3.05, 3.63) is 35.5 Å². The maximum absolute atomic E-state index is 4.57. The standard InChI is InChI=1S/C13H14N4/c1-8-6-11-12(7-9(8)2)15-13(14-11)10-4-5-17(3)16-10/h4-7H,1-3H3,(H,14,15). The van der Waals surface area contributed by atoms with Crippen molar-refractivity contribution in [3.63, 3.8) is 0 Å². The van der Waals surface area contributed by atoms with Gasteiger partial charge in [0.15, 0.2) is 5.82 Å². The minimum atomic E-state index is 0.825. The molecule has 17 heavy (non-hydrogen) atoms. The van der Waals surface area contributed by atoms with E-state index in [9.17, 15) is 0 Å². The lowest BCUT2D eigenvalue weighted by molar-refractivity contribution is 0.769. The molecule has 0 amide bonds. The van der Waals surface area contributed by atoms with Gasteiger partial charge < -0.3 is 4.98 Å². The van der Waals surface area contributed by atoms with Gasteiger partial charge in [0.25, 0.3) is 0 Å². The highest BCUT2D eigenvalue weighted by Crippen LogP contribution is 2.21. The molecule has 1 aromatic carbocycles. The van der Waals surface area contributed by atoms with Crippen LogP contribution in [0.15, 0.2) is 24.4 Å². The summed E-state index contributed by atoms with van der Waals surface area (Å²) >= 11 is 0. The molecule has 4 heteroatoms. The molecule has 4 nitrogen and oxygen atoms in total. The van der Waals surface area contributed by atoms with Crippen molar-refractivity contribution >= 4 is 11.0 Å². The summed E-state index contributed by atoms with van der Waals surface area (Å²) in [5.41, 5.74) is 5.46. The zero-order valence-electron chi connectivity index (χ0n) is 10.2. The summed E-state index contributed by atoms with van der Waals surface area (Å²) in [5.74, 6) is 0.825. The van der Waals surface area contributed by atoms with E-state index in [1.807, 2.05) is 19.3 Å². The molecule has 3 rings (SSSR count). The predicted molar refractivity (Wildman–Crippen MR) is 67.8 cm³/mol. The largest absolute Gasteiger partial charge is 0.337 e. The highest BCUT2D eigenvalue weighted by Gasteiger charge is 2.08. The normalized spacial score (nSPS) is 11.2. The number of rotatable bonds is 1. The molecule has 0 bridgehead atoms. The predicted octanol–water partition coefficient (Wildman–Crippen LogP) is 2.58. The summed E-state index contributed by atoms with van der Waals surface area (Å²) in [6, 6.07) is 6.19. The molecule has 2 heterocycles. The minimum Gasteiger partial charge on any atom is -0.337 e. The smallest absolute Gasteiger partial charge is 0.159 e. The molecule has 0 radical (unpaired) electrons. The van der Waals surface area contributed by atoms with Crippen LogP contribution < -0.4 is 0 Å². The van der Waals surface area contributed by atoms with Crippen LogP contribution in [0.1, 0.15) is 11.1 Å². The van der Waals surface area contributed by atoms with Gasteiger partial charge in [-0.3, -0.25) is 4.68 Å². The molecule has 0 saturated carbocycles. The third-order valence-electron chi connectivity index (χ3n) is 3.05. The van der Waals surface area contributed by atoms with E-state index in [-0.39, 0.29) is 0 Å². The first kappa shape index (κ1) is 10.1. The molecule has 3 aromatic rings. The summed E-state index contributed by atoms with van der Waals surface area (Å²) in [5, 5.41) is 4.34. The Balaban J connectivity index is 2.19. The van der Waals surface area contributed by atoms with Crippen LogP contribution >= 0.6 is 0 Å². The molecule has 2 aromatic heterocycles. The van der Waals surface area contributed by atoms with E-state index in [0.717, 1.165) is 22.6 Å². The average Bonchev–Trinajstić information content (AvgIpc) is 2.85. The number of hydrogen-bond acceptors (Lipinski definition) is 2. The summed E-state index contributed by atoms with van der Waals surface area (Å²) in [4.78, 5) is 7.87. The molecular weight excluding hydrogens is 212 g/mol. The number of imidazole rings is 1. The van der Waals surface area contributed by atoms with Gasteiger partial charge in [0.2, 0.25) is 0 Å². The Kier molecular flexibility index (Phi) is 2.04. The van der Waals surface area contributed by atoms with Gasteiger partial charge in [-0.2, -0.15) is 5.10 Å². The summed E-state index contributed by atoms with van der Waals surface area (Å²) in [6.07, 6.45) is 1.92. The Morgan fingerprint density at radius 3 is 2.65 bits per heavy atom. The van der Waals surface area contributed by atoms with Crippen molar-refractivity contribution in [1.29, 1.82) is 0 Å². The highest BCUT2D eigenvalue weighted by atomic mass is 15.3. The fourth-order valence-electron chi connectivity index (χ4n) is 1.93. The lowest BCUT2D eigenvalue weighted by Crippen LogP contribution is -1.88. The Labute approximate surface area is 99.3 Å². The summed E-state index contributed by atoms with van der Waals surface area (Å²) in [6.45, 7) is 4.21. The second kappa shape index (κ2) is 3.45. The van der Waals surface area contributed by atoms with Crippen molar-refractivity contribution in [2.75, 3.05) is 0 Å². The van der Waals surface area contributed by atoms with E-state index in [2.05, 4.69) is 41.0 Å². The van der Waals surface area contributed by atoms with Crippen LogP contribution in [-0.4, -0.2) is 19.7 Å². The maximum atomic E-state index is 4.57. The Morgan fingerprint density at radius 2 is 1.94 bits per heavy atom. The van der Waals surface area contributed by atoms with Gasteiger partial charge in [-0.15, -0.1) is 0 Å². The monoisotopic (exact) mass is 226 g/mol. The van der Waals surface area contributed by atoms with Crippen LogP contribution in [0.25, 0.3) is 22.6 Å². The second-order valence-corrected chi connectivity index (χ2v) is 4.41. The molecule has 0 atom stereocenters. The molecule has 0 aliphatic carbocycles. The quantitative estimate of drug-likeness (QED) is 0.693. The molecule has 1 N–H and O–H groups in total. The first-order valence-corrected chi connectivity index (χ1v) is 5.60. The van der Waals surface area contributed by atoms with Gasteiger partial charge in [-0.1, -0.05) is 0 Å². The zero-order valence-corrected chi connectivity index (χ0v) is 10.2. The lowest BCUT2D eigenvalue weighted by Gasteiger charge is -1.97. The van der Waals surface area contributed by atoms with Crippen LogP contribution in [0.3, 0.4) is 0 Å². The molecule has 86 valence electrons. The first-order valence-electron chi connectivity index (χ1n) is 5.60. The van der Waals surface area contributed by atoms with E-state index in [4.69, 9.17) is 0 Å². The third-order valence-corrected chi connectivity index (χ3v) is 3.05. The third kappa shape index (κ3) is 1.62. The number of nitrogens with one attached hydrogen (secondary N) is 1. The number of aromatic nitrogens is 4. The first-order chi connectivity index (χ1) is 8.13. The van der Waals surface area contributed by atoms with Gasteiger partial charge in [0.1, 0.15) is 5.69 Å². The molecule has 0 aliphatic rings. The Bertz CT molecular complexity index is 652. The van der Waals surface area contributed by atoms with Crippen LogP contribution in [-0.2, 0) is 7.05 Å². The lowest BCUT2D eigenvalue weighted by atomic mass is 10.1. The molecule has 0 unspecified atom stereocenters. The van der Waals surface area contributed by atoms with Crippen LogP contribution in [0, 0.1) is 13.8 Å². The average molecular weight is 226 g/mol. The van der Waals surface area contributed by atoms with E-state index < -0.39 is 0 Å². The number of aromatic amines is 1. The SMILES string of the molecule is Cc1cc2nc(-c3ccn(C)n3)[nH]c2cc1C. The number of fused-ring (bicyclic) bond motifs is 1. The van der Waals surface area contributed by atoms with Crippen molar-refractivity contribution in [1.82, 2.24) is 19.7 Å². The van der Waals surface area contributed by atoms with Crippen molar-refractivity contribution in [2.45, 2.75) is 13.8 Å².